The van der Waals surface area contributed by atoms with E-state index in [1.165, 1.54) is 0 Å². The van der Waals surface area contributed by atoms with Gasteiger partial charge in [0.25, 0.3) is 0 Å². The Labute approximate surface area is 245 Å². The number of aromatic nitrogens is 1. The fraction of sp³-hybridized carbons (Fsp3) is 0.0645. The van der Waals surface area contributed by atoms with Crippen LogP contribution in [0.3, 0.4) is 0 Å². The highest BCUT2D eigenvalue weighted by atomic mass is 15.1. The predicted molar refractivity (Wildman–Crippen MR) is 180 cm³/mol. The van der Waals surface area contributed by atoms with Crippen molar-refractivity contribution in [2.24, 2.45) is 44.9 Å². The largest absolute Gasteiger partial charge is 0.366 e. The summed E-state index contributed by atoms with van der Waals surface area (Å²) in [5.41, 5.74) is 1.78. The molecule has 0 amide bonds. The Bertz CT molecular complexity index is 1480. The smallest absolute Gasteiger partial charge is 0.0634 e. The van der Waals surface area contributed by atoms with Gasteiger partial charge >= 0.3 is 0 Å². The summed E-state index contributed by atoms with van der Waals surface area (Å²) < 4.78 is 1.90. The molecule has 3 rings (SSSR count). The average Bonchev–Trinajstić information content (AvgIpc) is 3.43. The van der Waals surface area contributed by atoms with Gasteiger partial charge in [-0.05, 0) is 24.3 Å². The minimum atomic E-state index is 0.623. The summed E-state index contributed by atoms with van der Waals surface area (Å²) in [7, 11) is 0. The Balaban J connectivity index is 1.69. The van der Waals surface area contributed by atoms with Gasteiger partial charge in [-0.1, -0.05) is 18.2 Å². The van der Waals surface area contributed by atoms with Crippen molar-refractivity contribution in [3.05, 3.63) is 116 Å². The van der Waals surface area contributed by atoms with Gasteiger partial charge < -0.3 is 9.47 Å². The molecule has 2 bridgehead atoms. The van der Waals surface area contributed by atoms with Crippen molar-refractivity contribution in [2.45, 2.75) is 0 Å². The first-order valence-corrected chi connectivity index (χ1v) is 12.9. The Kier molecular flexibility index (Phi) is 15.2. The summed E-state index contributed by atoms with van der Waals surface area (Å²) >= 11 is 0. The minimum Gasteiger partial charge on any atom is -0.366 e. The fourth-order valence-electron chi connectivity index (χ4n) is 3.02. The van der Waals surface area contributed by atoms with Crippen LogP contribution >= 0.6 is 0 Å². The van der Waals surface area contributed by atoms with Gasteiger partial charge in [0, 0.05) is 124 Å². The standard InChI is InChI=1S/C31H31N11/c1-2-6-30-29-41(24-3-1)26-22-37-16-17-38-23-27-42-25-4-7-31(42)28-39-19-18-35-13-11-33-9-5-8-32-10-12-34-14-15-36-20-21-40-30/h1-23,25-28H,24,29H2. The summed E-state index contributed by atoms with van der Waals surface area (Å²) in [6.45, 7) is 1.36. The number of rotatable bonds is 0. The van der Waals surface area contributed by atoms with Crippen LogP contribution in [0.5, 0.6) is 0 Å². The lowest BCUT2D eigenvalue weighted by molar-refractivity contribution is 0.474. The predicted octanol–water partition coefficient (Wildman–Crippen LogP) is 5.11. The van der Waals surface area contributed by atoms with Crippen molar-refractivity contribution >= 4 is 61.6 Å². The van der Waals surface area contributed by atoms with Crippen LogP contribution < -0.4 is 0 Å². The molecule has 0 aliphatic carbocycles. The quantitative estimate of drug-likeness (QED) is 0.433. The van der Waals surface area contributed by atoms with Gasteiger partial charge in [0.1, 0.15) is 0 Å². The van der Waals surface area contributed by atoms with E-state index in [0.29, 0.717) is 6.54 Å². The third kappa shape index (κ3) is 14.3. The van der Waals surface area contributed by atoms with Crippen LogP contribution in [0.1, 0.15) is 5.69 Å². The molecule has 1 aromatic rings. The van der Waals surface area contributed by atoms with E-state index < -0.39 is 0 Å². The number of fused-ring (bicyclic) bond motifs is 3. The molecule has 210 valence electrons. The molecule has 11 nitrogen and oxygen atoms in total. The highest BCUT2D eigenvalue weighted by molar-refractivity contribution is 6.17. The fourth-order valence-corrected chi connectivity index (χ4v) is 3.02. The molecule has 0 N–H and O–H groups in total. The highest BCUT2D eigenvalue weighted by Crippen LogP contribution is 2.01. The average molecular weight is 558 g/mol. The number of hydrogen-bond donors (Lipinski definition) is 0. The Morgan fingerprint density at radius 3 is 1.93 bits per heavy atom. The topological polar surface area (TPSA) is 119 Å². The van der Waals surface area contributed by atoms with E-state index in [1.807, 2.05) is 53.5 Å². The molecule has 11 heteroatoms. The second kappa shape index (κ2) is 20.9. The van der Waals surface area contributed by atoms with E-state index in [0.717, 1.165) is 18.0 Å². The Morgan fingerprint density at radius 2 is 1.17 bits per heavy atom. The van der Waals surface area contributed by atoms with Crippen molar-refractivity contribution in [3.8, 4) is 0 Å². The first-order chi connectivity index (χ1) is 20.9. The van der Waals surface area contributed by atoms with E-state index in [1.54, 1.807) is 112 Å². The number of allylic oxidation sites excluding steroid dienone is 3. The molecular formula is C31H31N11. The van der Waals surface area contributed by atoms with E-state index in [2.05, 4.69) is 55.9 Å². The van der Waals surface area contributed by atoms with Crippen LogP contribution in [0.4, 0.5) is 0 Å². The van der Waals surface area contributed by atoms with Gasteiger partial charge in [0.2, 0.25) is 0 Å². The van der Waals surface area contributed by atoms with Crippen molar-refractivity contribution in [1.82, 2.24) is 9.47 Å². The highest BCUT2D eigenvalue weighted by Gasteiger charge is 2.02. The van der Waals surface area contributed by atoms with Crippen molar-refractivity contribution in [1.29, 1.82) is 0 Å². The molecule has 0 aromatic carbocycles. The zero-order valence-electron chi connectivity index (χ0n) is 22.9. The van der Waals surface area contributed by atoms with Gasteiger partial charge in [-0.15, -0.1) is 0 Å². The van der Waals surface area contributed by atoms with Gasteiger partial charge in [-0.3, -0.25) is 44.9 Å². The van der Waals surface area contributed by atoms with E-state index in [4.69, 9.17) is 0 Å². The van der Waals surface area contributed by atoms with Crippen LogP contribution in [-0.4, -0.2) is 78.0 Å². The summed E-state index contributed by atoms with van der Waals surface area (Å²) in [6.07, 6.45) is 42.6. The summed E-state index contributed by atoms with van der Waals surface area (Å²) in [5, 5.41) is 0. The van der Waals surface area contributed by atoms with Gasteiger partial charge in [0.15, 0.2) is 0 Å². The maximum atomic E-state index is 4.50. The van der Waals surface area contributed by atoms with Gasteiger partial charge in [-0.25, -0.2) is 0 Å². The van der Waals surface area contributed by atoms with Crippen LogP contribution in [0.15, 0.2) is 156 Å². The molecule has 1 aromatic heterocycles. The monoisotopic (exact) mass is 557 g/mol. The first kappa shape index (κ1) is 30.6. The molecule has 0 saturated carbocycles. The molecule has 0 saturated heterocycles. The van der Waals surface area contributed by atoms with Gasteiger partial charge in [0.05, 0.1) is 24.2 Å². The SMILES string of the molecule is C1=CCN2C=CN=CC=NC=Cn3cccc3C=NC=CN=CC=NC=CC=NC=CN=CC=NC=CN=C(C=C1)C2. The molecule has 0 spiro atoms. The zero-order valence-corrected chi connectivity index (χ0v) is 22.9. The Hall–Kier alpha value is -5.97. The molecule has 3 heterocycles. The molecule has 0 fully saturated rings. The lowest BCUT2D eigenvalue weighted by Crippen LogP contribution is -2.24. The maximum Gasteiger partial charge on any atom is 0.0634 e. The van der Waals surface area contributed by atoms with Crippen molar-refractivity contribution in [3.63, 3.8) is 0 Å². The minimum absolute atomic E-state index is 0.623. The normalized spacial score (nSPS) is 16.9. The second-order valence-electron chi connectivity index (χ2n) is 7.87. The molecule has 2 aliphatic rings. The van der Waals surface area contributed by atoms with Crippen molar-refractivity contribution < 1.29 is 0 Å². The van der Waals surface area contributed by atoms with Crippen LogP contribution in [-0.2, 0) is 0 Å². The molecule has 0 atom stereocenters. The molecule has 0 unspecified atom stereocenters. The lowest BCUT2D eigenvalue weighted by Gasteiger charge is -2.18. The lowest BCUT2D eigenvalue weighted by atomic mass is 10.2. The maximum absolute atomic E-state index is 4.50. The molecule has 0 radical (unpaired) electrons. The number of nitrogens with zero attached hydrogens (tertiary/aromatic N) is 11. The van der Waals surface area contributed by atoms with E-state index >= 15 is 0 Å². The second-order valence-corrected chi connectivity index (χ2v) is 7.87. The van der Waals surface area contributed by atoms with Crippen molar-refractivity contribution in [2.75, 3.05) is 13.1 Å². The third-order valence-electron chi connectivity index (χ3n) is 4.87. The van der Waals surface area contributed by atoms with Crippen LogP contribution in [0.25, 0.3) is 6.20 Å². The number of aliphatic imine (C=N–C) groups is 9. The summed E-state index contributed by atoms with van der Waals surface area (Å²) in [5.74, 6) is 0. The molecule has 2 aliphatic heterocycles. The third-order valence-corrected chi connectivity index (χ3v) is 4.87. The molecule has 42 heavy (non-hydrogen) atoms. The van der Waals surface area contributed by atoms with Crippen LogP contribution in [0, 0.1) is 0 Å². The van der Waals surface area contributed by atoms with Crippen LogP contribution in [0.2, 0.25) is 0 Å². The first-order valence-electron chi connectivity index (χ1n) is 12.9. The summed E-state index contributed by atoms with van der Waals surface area (Å²) in [6, 6.07) is 3.87. The van der Waals surface area contributed by atoms with E-state index in [-0.39, 0.29) is 0 Å². The van der Waals surface area contributed by atoms with Gasteiger partial charge in [-0.2, -0.15) is 0 Å². The zero-order chi connectivity index (χ0) is 29.2. The number of hydrogen-bond acceptors (Lipinski definition) is 10. The van der Waals surface area contributed by atoms with E-state index in [9.17, 15) is 0 Å². The molecular weight excluding hydrogens is 526 g/mol. The summed E-state index contributed by atoms with van der Waals surface area (Å²) in [4.78, 5) is 39.8. The Morgan fingerprint density at radius 1 is 0.548 bits per heavy atom.